The number of benzene rings is 2. The van der Waals surface area contributed by atoms with Crippen molar-refractivity contribution in [1.82, 2.24) is 39.4 Å². The predicted octanol–water partition coefficient (Wildman–Crippen LogP) is 6.91. The molecule has 4 aromatic heterocycles. The Morgan fingerprint density at radius 2 is 1.78 bits per heavy atom. The lowest BCUT2D eigenvalue weighted by Gasteiger charge is -2.24. The molecule has 0 bridgehead atoms. The second-order valence-corrected chi connectivity index (χ2v) is 15.2. The fourth-order valence-electron chi connectivity index (χ4n) is 7.04. The van der Waals surface area contributed by atoms with Crippen molar-refractivity contribution in [3.63, 3.8) is 0 Å². The summed E-state index contributed by atoms with van der Waals surface area (Å²) in [6.45, 7) is -1.93. The summed E-state index contributed by atoms with van der Waals surface area (Å²) in [6, 6.07) is 5.72. The Labute approximate surface area is 339 Å². The number of amides is 1. The third-order valence-electron chi connectivity index (χ3n) is 9.39. The summed E-state index contributed by atoms with van der Waals surface area (Å²) in [6.07, 6.45) is -9.69. The first-order valence-corrected chi connectivity index (χ1v) is 19.5. The van der Waals surface area contributed by atoms with Crippen LogP contribution in [0.25, 0.3) is 27.6 Å². The molecule has 0 saturated heterocycles. The van der Waals surface area contributed by atoms with E-state index < -0.39 is 126 Å². The first-order chi connectivity index (χ1) is 28.2. The summed E-state index contributed by atoms with van der Waals surface area (Å²) in [5.41, 5.74) is -3.62. The Morgan fingerprint density at radius 1 is 1.07 bits per heavy atom. The van der Waals surface area contributed by atoms with Gasteiger partial charge in [0.1, 0.15) is 46.4 Å². The molecule has 13 nitrogen and oxygen atoms in total. The number of nitrogens with one attached hydrogen (secondary N) is 2. The zero-order valence-corrected chi connectivity index (χ0v) is 32.5. The van der Waals surface area contributed by atoms with Gasteiger partial charge in [-0.15, -0.1) is 0 Å². The Hall–Kier alpha value is -5.71. The zero-order valence-electron chi connectivity index (χ0n) is 30.9. The number of rotatable bonds is 13. The topological polar surface area (TPSA) is 151 Å². The zero-order chi connectivity index (χ0) is 43.4. The molecule has 2 aromatic carbocycles. The maximum atomic E-state index is 15.0. The van der Waals surface area contributed by atoms with Crippen LogP contribution in [0.2, 0.25) is 5.02 Å². The van der Waals surface area contributed by atoms with Crippen molar-refractivity contribution in [2.45, 2.75) is 56.8 Å². The minimum Gasteiger partial charge on any atom is -0.477 e. The summed E-state index contributed by atoms with van der Waals surface area (Å²) in [5, 5.41) is 10.5. The van der Waals surface area contributed by atoms with Crippen LogP contribution in [0.15, 0.2) is 47.3 Å². The van der Waals surface area contributed by atoms with Gasteiger partial charge in [0, 0.05) is 43.8 Å². The van der Waals surface area contributed by atoms with Crippen LogP contribution in [-0.2, 0) is 48.1 Å². The second-order valence-electron chi connectivity index (χ2n) is 13.6. The van der Waals surface area contributed by atoms with Gasteiger partial charge in [-0.3, -0.25) is 28.2 Å². The fourth-order valence-corrected chi connectivity index (χ4v) is 7.70. The van der Waals surface area contributed by atoms with Crippen molar-refractivity contribution in [2.75, 3.05) is 17.6 Å². The molecule has 2 unspecified atom stereocenters. The van der Waals surface area contributed by atoms with Crippen LogP contribution < -0.4 is 20.3 Å². The Balaban J connectivity index is 1.44. The van der Waals surface area contributed by atoms with E-state index in [0.29, 0.717) is 10.7 Å². The number of carbonyl (C=O) groups is 1. The van der Waals surface area contributed by atoms with Crippen LogP contribution in [0.3, 0.4) is 0 Å². The number of hydrogen-bond donors (Lipinski definition) is 2. The standard InChI is InChI=1S/C36H29ClF9N9O4S/c1-53-28-23(5-4-21(37)26(28)32(51-53)52-60(2)58)55-33(49-31-20(34(55)57)3-6-25(48-31)59-10-9-36(44,45)46)22(13-16-11-17(38)14-18(39)12-16)47-24(56)15-54-29-19(7-8-35(29,42)43)27(50-54)30(40)41/h3-6,11-12,14,22,30H,7-10,13,15H2,1-2H3,(H,47,56)(H,51,52). The van der Waals surface area contributed by atoms with Gasteiger partial charge in [-0.05, 0) is 42.3 Å². The molecule has 2 N–H and O–H groups in total. The Bertz CT molecular complexity index is 2740. The van der Waals surface area contributed by atoms with Gasteiger partial charge in [0.15, 0.2) is 11.5 Å². The molecule has 0 fully saturated rings. The lowest BCUT2D eigenvalue weighted by atomic mass is 10.0. The highest BCUT2D eigenvalue weighted by Crippen LogP contribution is 2.45. The molecule has 4 heterocycles. The Kier molecular flexibility index (Phi) is 11.3. The number of fused-ring (bicyclic) bond motifs is 3. The molecule has 1 aliphatic rings. The maximum absolute atomic E-state index is 15.0. The first kappa shape index (κ1) is 42.4. The summed E-state index contributed by atoms with van der Waals surface area (Å²) in [5.74, 6) is -7.66. The summed E-state index contributed by atoms with van der Waals surface area (Å²) < 4.78 is 148. The highest BCUT2D eigenvalue weighted by molar-refractivity contribution is 7.85. The van der Waals surface area contributed by atoms with Gasteiger partial charge in [-0.2, -0.15) is 37.1 Å². The smallest absolute Gasteiger partial charge is 0.392 e. The van der Waals surface area contributed by atoms with Crippen molar-refractivity contribution in [2.24, 2.45) is 7.05 Å². The van der Waals surface area contributed by atoms with Gasteiger partial charge in [0.05, 0.1) is 46.1 Å². The SMILES string of the molecule is Cn1nc(NS(C)=O)c2c(Cl)ccc(-n3c(C(Cc4cc(F)cc(F)c4)NC(=O)Cn4nc(C(F)F)c5c4C(F)(F)CC5)nc4nc(OCCC(F)(F)F)ccc4c3=O)c21. The fraction of sp³-hybridized carbons (Fsp3) is 0.333. The van der Waals surface area contributed by atoms with Gasteiger partial charge in [0.2, 0.25) is 11.8 Å². The minimum atomic E-state index is -4.58. The number of aromatic nitrogens is 7. The van der Waals surface area contributed by atoms with E-state index in [9.17, 15) is 44.5 Å². The molecule has 7 rings (SSSR count). The number of anilines is 1. The first-order valence-electron chi connectivity index (χ1n) is 17.6. The average molecular weight is 890 g/mol. The number of halogens is 10. The third kappa shape index (κ3) is 8.49. The van der Waals surface area contributed by atoms with Crippen molar-refractivity contribution >= 4 is 56.2 Å². The molecule has 24 heteroatoms. The van der Waals surface area contributed by atoms with Crippen molar-refractivity contribution < 1.29 is 53.3 Å². The van der Waals surface area contributed by atoms with Gasteiger partial charge in [-0.1, -0.05) is 11.6 Å². The van der Waals surface area contributed by atoms with E-state index in [2.05, 4.69) is 30.2 Å². The highest BCUT2D eigenvalue weighted by Gasteiger charge is 2.46. The quantitative estimate of drug-likeness (QED) is 0.119. The van der Waals surface area contributed by atoms with E-state index in [-0.39, 0.29) is 44.3 Å². The maximum Gasteiger partial charge on any atom is 0.392 e. The summed E-state index contributed by atoms with van der Waals surface area (Å²) >= 11 is 6.58. The Morgan fingerprint density at radius 3 is 2.45 bits per heavy atom. The van der Waals surface area contributed by atoms with Crippen molar-refractivity contribution in [3.8, 4) is 11.6 Å². The molecule has 0 saturated carbocycles. The van der Waals surface area contributed by atoms with Crippen molar-refractivity contribution in [1.29, 1.82) is 0 Å². The summed E-state index contributed by atoms with van der Waals surface area (Å²) in [7, 11) is -0.216. The molecule has 60 heavy (non-hydrogen) atoms. The largest absolute Gasteiger partial charge is 0.477 e. The molecule has 0 radical (unpaired) electrons. The number of pyridine rings is 1. The average Bonchev–Trinajstić information content (AvgIpc) is 3.78. The van der Waals surface area contributed by atoms with Crippen LogP contribution in [0, 0.1) is 11.6 Å². The number of hydrogen-bond acceptors (Lipinski definition) is 8. The van der Waals surface area contributed by atoms with Crippen LogP contribution in [0.1, 0.15) is 53.6 Å². The number of nitrogens with zero attached hydrogens (tertiary/aromatic N) is 7. The van der Waals surface area contributed by atoms with Gasteiger partial charge < -0.3 is 10.1 Å². The highest BCUT2D eigenvalue weighted by atomic mass is 35.5. The molecule has 2 atom stereocenters. The molecule has 318 valence electrons. The molecular weight excluding hydrogens is 861 g/mol. The van der Waals surface area contributed by atoms with Crippen molar-refractivity contribution in [3.05, 3.63) is 97.8 Å². The van der Waals surface area contributed by atoms with E-state index in [1.165, 1.54) is 36.2 Å². The summed E-state index contributed by atoms with van der Waals surface area (Å²) in [4.78, 5) is 37.3. The van der Waals surface area contributed by atoms with Crippen LogP contribution in [0.5, 0.6) is 5.88 Å². The molecule has 1 amide bonds. The van der Waals surface area contributed by atoms with Crippen LogP contribution in [0.4, 0.5) is 45.3 Å². The van der Waals surface area contributed by atoms with Gasteiger partial charge >= 0.3 is 6.18 Å². The molecule has 1 aliphatic carbocycles. The van der Waals surface area contributed by atoms with Crippen LogP contribution in [-0.4, -0.2) is 63.3 Å². The lowest BCUT2D eigenvalue weighted by molar-refractivity contribution is -0.139. The van der Waals surface area contributed by atoms with E-state index in [1.807, 2.05) is 0 Å². The van der Waals surface area contributed by atoms with E-state index in [1.54, 1.807) is 0 Å². The normalized spacial score (nSPS) is 14.8. The molecule has 0 aliphatic heterocycles. The lowest BCUT2D eigenvalue weighted by Crippen LogP contribution is -2.38. The third-order valence-corrected chi connectivity index (χ3v) is 10.2. The van der Waals surface area contributed by atoms with Gasteiger partial charge in [-0.25, -0.2) is 26.8 Å². The monoisotopic (exact) mass is 889 g/mol. The number of alkyl halides is 7. The van der Waals surface area contributed by atoms with Crippen LogP contribution >= 0.6 is 11.6 Å². The predicted molar refractivity (Wildman–Crippen MR) is 199 cm³/mol. The second kappa shape index (κ2) is 16.0. The molecular formula is C36H29ClF9N9O4S. The number of ether oxygens (including phenoxy) is 1. The minimum absolute atomic E-state index is 0.0256. The number of carbonyl (C=O) groups excluding carboxylic acids is 1. The number of aryl methyl sites for hydroxylation is 1. The van der Waals surface area contributed by atoms with E-state index in [4.69, 9.17) is 16.3 Å². The van der Waals surface area contributed by atoms with Gasteiger partial charge in [0.25, 0.3) is 17.9 Å². The van der Waals surface area contributed by atoms with E-state index >= 15 is 8.78 Å². The molecule has 0 spiro atoms. The van der Waals surface area contributed by atoms with E-state index in [0.717, 1.165) is 22.8 Å². The molecule has 6 aromatic rings.